The third kappa shape index (κ3) is 2.18. The number of aromatic nitrogens is 3. The quantitative estimate of drug-likeness (QED) is 0.598. The molecule has 1 heterocycles. The van der Waals surface area contributed by atoms with E-state index in [0.717, 1.165) is 0 Å². The van der Waals surface area contributed by atoms with Crippen molar-refractivity contribution in [1.82, 2.24) is 15.0 Å². The summed E-state index contributed by atoms with van der Waals surface area (Å²) in [5.41, 5.74) is 0.164. The molecule has 0 aliphatic heterocycles. The summed E-state index contributed by atoms with van der Waals surface area (Å²) in [6.45, 7) is 3.84. The van der Waals surface area contributed by atoms with Crippen molar-refractivity contribution in [1.29, 1.82) is 5.26 Å². The smallest absolute Gasteiger partial charge is 0.235 e. The van der Waals surface area contributed by atoms with Gasteiger partial charge in [0, 0.05) is 0 Å². The molecular weight excluding hydrogens is 246 g/mol. The standard InChI is InChI=1S/C7H5Cl3N4/c1-2-3-14-6(7(8,9)10)5(4-11)12-13-14/h2H,1,3H2. The van der Waals surface area contributed by atoms with E-state index in [1.807, 2.05) is 0 Å². The van der Waals surface area contributed by atoms with Gasteiger partial charge in [-0.05, 0) is 0 Å². The maximum Gasteiger partial charge on any atom is 0.235 e. The van der Waals surface area contributed by atoms with Crippen molar-refractivity contribution in [3.05, 3.63) is 24.0 Å². The molecule has 14 heavy (non-hydrogen) atoms. The molecule has 0 aromatic carbocycles. The lowest BCUT2D eigenvalue weighted by Crippen LogP contribution is -2.12. The number of nitrogens with zero attached hydrogens (tertiary/aromatic N) is 4. The summed E-state index contributed by atoms with van der Waals surface area (Å²) in [6, 6.07) is 1.80. The van der Waals surface area contributed by atoms with Crippen molar-refractivity contribution in [2.24, 2.45) is 0 Å². The van der Waals surface area contributed by atoms with Crippen LogP contribution in [0.4, 0.5) is 0 Å². The Labute approximate surface area is 95.7 Å². The highest BCUT2D eigenvalue weighted by molar-refractivity contribution is 6.66. The minimum absolute atomic E-state index is 0.00634. The van der Waals surface area contributed by atoms with Crippen LogP contribution in [0.15, 0.2) is 12.7 Å². The van der Waals surface area contributed by atoms with Gasteiger partial charge in [0.15, 0.2) is 5.69 Å². The molecular formula is C7H5Cl3N4. The van der Waals surface area contributed by atoms with Gasteiger partial charge in [0.1, 0.15) is 11.8 Å². The molecule has 7 heteroatoms. The minimum atomic E-state index is -1.71. The average Bonchev–Trinajstić information content (AvgIpc) is 2.47. The van der Waals surface area contributed by atoms with Gasteiger partial charge in [-0.2, -0.15) is 5.26 Å². The Balaban J connectivity index is 3.28. The minimum Gasteiger partial charge on any atom is -0.240 e. The second kappa shape index (κ2) is 4.18. The molecule has 0 atom stereocenters. The fourth-order valence-electron chi connectivity index (χ4n) is 0.919. The van der Waals surface area contributed by atoms with Crippen molar-refractivity contribution < 1.29 is 0 Å². The first-order valence-corrected chi connectivity index (χ1v) is 4.65. The normalized spacial score (nSPS) is 11.0. The number of allylic oxidation sites excluding steroid dienone is 1. The predicted molar refractivity (Wildman–Crippen MR) is 54.2 cm³/mol. The Morgan fingerprint density at radius 1 is 1.57 bits per heavy atom. The van der Waals surface area contributed by atoms with Gasteiger partial charge in [-0.15, -0.1) is 11.7 Å². The Morgan fingerprint density at radius 3 is 2.64 bits per heavy atom. The van der Waals surface area contributed by atoms with E-state index in [9.17, 15) is 0 Å². The van der Waals surface area contributed by atoms with Gasteiger partial charge in [-0.3, -0.25) is 0 Å². The molecule has 0 radical (unpaired) electrons. The summed E-state index contributed by atoms with van der Waals surface area (Å²) in [7, 11) is 0. The zero-order valence-corrected chi connectivity index (χ0v) is 9.18. The van der Waals surface area contributed by atoms with E-state index < -0.39 is 3.79 Å². The molecule has 0 bridgehead atoms. The van der Waals surface area contributed by atoms with Gasteiger partial charge in [0.25, 0.3) is 0 Å². The van der Waals surface area contributed by atoms with Crippen LogP contribution in [0.5, 0.6) is 0 Å². The topological polar surface area (TPSA) is 54.5 Å². The third-order valence-corrected chi connectivity index (χ3v) is 1.95. The molecule has 1 aromatic heterocycles. The fraction of sp³-hybridized carbons (Fsp3) is 0.286. The first-order valence-electron chi connectivity index (χ1n) is 3.52. The molecule has 0 aliphatic rings. The maximum absolute atomic E-state index is 8.70. The lowest BCUT2D eigenvalue weighted by atomic mass is 10.3. The molecule has 0 N–H and O–H groups in total. The zero-order chi connectivity index (χ0) is 10.8. The van der Waals surface area contributed by atoms with E-state index in [1.165, 1.54) is 4.68 Å². The van der Waals surface area contributed by atoms with Gasteiger partial charge >= 0.3 is 0 Å². The molecule has 0 unspecified atom stereocenters. The zero-order valence-electron chi connectivity index (χ0n) is 6.91. The fourth-order valence-corrected chi connectivity index (χ4v) is 1.48. The van der Waals surface area contributed by atoms with Crippen molar-refractivity contribution >= 4 is 34.8 Å². The molecule has 0 spiro atoms. The van der Waals surface area contributed by atoms with Gasteiger partial charge in [0.2, 0.25) is 3.79 Å². The summed E-state index contributed by atoms with van der Waals surface area (Å²) in [5.74, 6) is 0. The van der Waals surface area contributed by atoms with E-state index in [0.29, 0.717) is 6.54 Å². The van der Waals surface area contributed by atoms with E-state index in [2.05, 4.69) is 16.9 Å². The van der Waals surface area contributed by atoms with Crippen LogP contribution >= 0.6 is 34.8 Å². The highest BCUT2D eigenvalue weighted by Gasteiger charge is 2.32. The second-order valence-electron chi connectivity index (χ2n) is 2.37. The van der Waals surface area contributed by atoms with Crippen LogP contribution in [0.3, 0.4) is 0 Å². The van der Waals surface area contributed by atoms with Crippen LogP contribution in [-0.4, -0.2) is 15.0 Å². The molecule has 1 rings (SSSR count). The Hall–Kier alpha value is -0.760. The number of hydrogen-bond acceptors (Lipinski definition) is 3. The second-order valence-corrected chi connectivity index (χ2v) is 4.65. The number of rotatable bonds is 2. The Morgan fingerprint density at radius 2 is 2.21 bits per heavy atom. The predicted octanol–water partition coefficient (Wildman–Crippen LogP) is 2.16. The lowest BCUT2D eigenvalue weighted by molar-refractivity contribution is 0.635. The molecule has 0 amide bonds. The molecule has 74 valence electrons. The van der Waals surface area contributed by atoms with E-state index in [-0.39, 0.29) is 11.4 Å². The van der Waals surface area contributed by atoms with Crippen molar-refractivity contribution in [2.45, 2.75) is 10.3 Å². The van der Waals surface area contributed by atoms with Crippen LogP contribution in [0.2, 0.25) is 0 Å². The van der Waals surface area contributed by atoms with Gasteiger partial charge in [0.05, 0.1) is 6.54 Å². The van der Waals surface area contributed by atoms with Crippen LogP contribution in [0.1, 0.15) is 11.4 Å². The van der Waals surface area contributed by atoms with Gasteiger partial charge in [-0.1, -0.05) is 46.1 Å². The summed E-state index contributed by atoms with van der Waals surface area (Å²) in [5, 5.41) is 15.9. The Kier molecular flexibility index (Phi) is 3.38. The number of halogens is 3. The SMILES string of the molecule is C=CCn1nnc(C#N)c1C(Cl)(Cl)Cl. The maximum atomic E-state index is 8.70. The summed E-state index contributed by atoms with van der Waals surface area (Å²) < 4.78 is -0.393. The highest BCUT2D eigenvalue weighted by atomic mass is 35.6. The van der Waals surface area contributed by atoms with Crippen LogP contribution < -0.4 is 0 Å². The van der Waals surface area contributed by atoms with Crippen LogP contribution in [0, 0.1) is 11.3 Å². The lowest BCUT2D eigenvalue weighted by Gasteiger charge is -2.11. The van der Waals surface area contributed by atoms with Crippen LogP contribution in [0.25, 0.3) is 0 Å². The van der Waals surface area contributed by atoms with Gasteiger partial charge in [-0.25, -0.2) is 4.68 Å². The third-order valence-electron chi connectivity index (χ3n) is 1.41. The van der Waals surface area contributed by atoms with Crippen molar-refractivity contribution in [3.63, 3.8) is 0 Å². The average molecular weight is 252 g/mol. The summed E-state index contributed by atoms with van der Waals surface area (Å²) in [4.78, 5) is 0. The summed E-state index contributed by atoms with van der Waals surface area (Å²) in [6.07, 6.45) is 1.57. The highest BCUT2D eigenvalue weighted by Crippen LogP contribution is 2.39. The van der Waals surface area contributed by atoms with E-state index in [4.69, 9.17) is 40.1 Å². The van der Waals surface area contributed by atoms with Crippen LogP contribution in [-0.2, 0) is 10.3 Å². The molecule has 0 saturated heterocycles. The number of nitriles is 1. The first kappa shape index (κ1) is 11.3. The molecule has 0 fully saturated rings. The number of alkyl halides is 3. The van der Waals surface area contributed by atoms with Gasteiger partial charge < -0.3 is 0 Å². The number of hydrogen-bond donors (Lipinski definition) is 0. The monoisotopic (exact) mass is 250 g/mol. The van der Waals surface area contributed by atoms with Crippen molar-refractivity contribution in [3.8, 4) is 6.07 Å². The van der Waals surface area contributed by atoms with Crippen molar-refractivity contribution in [2.75, 3.05) is 0 Å². The molecule has 1 aromatic rings. The summed E-state index contributed by atoms with van der Waals surface area (Å²) >= 11 is 17.0. The first-order chi connectivity index (χ1) is 6.50. The Bertz CT molecular complexity index is 385. The molecule has 0 aliphatic carbocycles. The molecule has 4 nitrogen and oxygen atoms in total. The molecule has 0 saturated carbocycles. The van der Waals surface area contributed by atoms with E-state index in [1.54, 1.807) is 12.1 Å². The van der Waals surface area contributed by atoms with E-state index >= 15 is 0 Å². The largest absolute Gasteiger partial charge is 0.240 e.